The fourth-order valence-corrected chi connectivity index (χ4v) is 1.88. The Morgan fingerprint density at radius 3 is 3.00 bits per heavy atom. The van der Waals surface area contributed by atoms with Crippen molar-refractivity contribution in [2.45, 2.75) is 6.54 Å². The Balaban J connectivity index is 1.99. The lowest BCUT2D eigenvalue weighted by molar-refractivity contribution is 0.916. The lowest BCUT2D eigenvalue weighted by Gasteiger charge is -1.94. The van der Waals surface area contributed by atoms with Crippen molar-refractivity contribution in [3.05, 3.63) is 46.4 Å². The molecule has 0 aliphatic carbocycles. The number of aryl methyl sites for hydroxylation is 1. The Morgan fingerprint density at radius 2 is 2.36 bits per heavy atom. The monoisotopic (exact) mass is 204 g/mol. The summed E-state index contributed by atoms with van der Waals surface area (Å²) in [7, 11) is 2.02. The van der Waals surface area contributed by atoms with Gasteiger partial charge in [0, 0.05) is 24.3 Å². The maximum atomic E-state index is 4.38. The molecular weight excluding hydrogens is 192 g/mol. The van der Waals surface area contributed by atoms with Crippen LogP contribution in [0.2, 0.25) is 0 Å². The van der Waals surface area contributed by atoms with Crippen LogP contribution in [-0.4, -0.2) is 10.8 Å². The zero-order valence-electron chi connectivity index (χ0n) is 8.05. The van der Waals surface area contributed by atoms with Gasteiger partial charge in [-0.15, -0.1) is 11.3 Å². The fourth-order valence-electron chi connectivity index (χ4n) is 1.24. The van der Waals surface area contributed by atoms with Crippen LogP contribution in [0, 0.1) is 0 Å². The summed E-state index contributed by atoms with van der Waals surface area (Å²) in [6.45, 7) is 0.781. The van der Waals surface area contributed by atoms with Crippen LogP contribution in [0.15, 0.2) is 40.8 Å². The van der Waals surface area contributed by atoms with E-state index >= 15 is 0 Å². The van der Waals surface area contributed by atoms with Crippen molar-refractivity contribution in [2.75, 3.05) is 0 Å². The molecule has 14 heavy (non-hydrogen) atoms. The van der Waals surface area contributed by atoms with Crippen LogP contribution in [-0.2, 0) is 13.6 Å². The number of thiophene rings is 1. The SMILES string of the molecule is Cn1cccc1C=NCc1cccs1. The number of hydrogen-bond acceptors (Lipinski definition) is 2. The average Bonchev–Trinajstić information content (AvgIpc) is 2.78. The molecule has 2 aromatic heterocycles. The van der Waals surface area contributed by atoms with Crippen LogP contribution in [0.1, 0.15) is 10.6 Å². The molecule has 2 heterocycles. The first kappa shape index (κ1) is 9.21. The molecule has 0 aromatic carbocycles. The van der Waals surface area contributed by atoms with E-state index in [9.17, 15) is 0 Å². The zero-order valence-corrected chi connectivity index (χ0v) is 8.87. The highest BCUT2D eigenvalue weighted by molar-refractivity contribution is 7.09. The molecule has 0 unspecified atom stereocenters. The minimum Gasteiger partial charge on any atom is -0.350 e. The minimum absolute atomic E-state index is 0.781. The second-order valence-electron chi connectivity index (χ2n) is 3.09. The predicted molar refractivity (Wildman–Crippen MR) is 61.0 cm³/mol. The van der Waals surface area contributed by atoms with Gasteiger partial charge in [-0.3, -0.25) is 4.99 Å². The lowest BCUT2D eigenvalue weighted by Crippen LogP contribution is -1.92. The molecule has 2 aromatic rings. The van der Waals surface area contributed by atoms with Gasteiger partial charge in [0.05, 0.1) is 12.2 Å². The second kappa shape index (κ2) is 4.24. The quantitative estimate of drug-likeness (QED) is 0.684. The molecule has 2 rings (SSSR count). The van der Waals surface area contributed by atoms with Gasteiger partial charge < -0.3 is 4.57 Å². The first-order valence-corrected chi connectivity index (χ1v) is 5.38. The smallest absolute Gasteiger partial charge is 0.0733 e. The lowest BCUT2D eigenvalue weighted by atomic mass is 10.4. The number of rotatable bonds is 3. The Labute approximate surface area is 87.5 Å². The van der Waals surface area contributed by atoms with E-state index < -0.39 is 0 Å². The Kier molecular flexibility index (Phi) is 2.79. The summed E-state index contributed by atoms with van der Waals surface area (Å²) in [4.78, 5) is 5.68. The van der Waals surface area contributed by atoms with Gasteiger partial charge in [-0.25, -0.2) is 0 Å². The molecule has 0 saturated heterocycles. The molecule has 0 N–H and O–H groups in total. The van der Waals surface area contributed by atoms with Crippen molar-refractivity contribution >= 4 is 17.6 Å². The number of aliphatic imine (C=N–C) groups is 1. The van der Waals surface area contributed by atoms with Gasteiger partial charge >= 0.3 is 0 Å². The highest BCUT2D eigenvalue weighted by Gasteiger charge is 1.92. The molecule has 0 aliphatic rings. The van der Waals surface area contributed by atoms with Crippen molar-refractivity contribution in [1.82, 2.24) is 4.57 Å². The zero-order chi connectivity index (χ0) is 9.80. The Hall–Kier alpha value is -1.35. The molecule has 0 saturated carbocycles. The maximum Gasteiger partial charge on any atom is 0.0733 e. The Bertz CT molecular complexity index is 412. The normalized spacial score (nSPS) is 11.2. The van der Waals surface area contributed by atoms with Crippen LogP contribution < -0.4 is 0 Å². The summed E-state index contributed by atoms with van der Waals surface area (Å²) in [6, 6.07) is 8.23. The molecule has 0 spiro atoms. The van der Waals surface area contributed by atoms with Crippen molar-refractivity contribution in [3.8, 4) is 0 Å². The van der Waals surface area contributed by atoms with Crippen LogP contribution in [0.5, 0.6) is 0 Å². The Morgan fingerprint density at radius 1 is 1.43 bits per heavy atom. The molecule has 0 fully saturated rings. The van der Waals surface area contributed by atoms with Gasteiger partial charge in [-0.1, -0.05) is 6.07 Å². The van der Waals surface area contributed by atoms with Gasteiger partial charge in [0.15, 0.2) is 0 Å². The molecule has 0 aliphatic heterocycles. The summed E-state index contributed by atoms with van der Waals surface area (Å²) in [5.41, 5.74) is 1.14. The summed E-state index contributed by atoms with van der Waals surface area (Å²) < 4.78 is 2.05. The van der Waals surface area contributed by atoms with Crippen molar-refractivity contribution < 1.29 is 0 Å². The van der Waals surface area contributed by atoms with Crippen LogP contribution >= 0.6 is 11.3 Å². The van der Waals surface area contributed by atoms with Crippen molar-refractivity contribution in [3.63, 3.8) is 0 Å². The first-order chi connectivity index (χ1) is 6.86. The van der Waals surface area contributed by atoms with E-state index in [4.69, 9.17) is 0 Å². The predicted octanol–water partition coefficient (Wildman–Crippen LogP) is 2.71. The van der Waals surface area contributed by atoms with Gasteiger partial charge in [-0.2, -0.15) is 0 Å². The third-order valence-corrected chi connectivity index (χ3v) is 2.90. The molecule has 3 heteroatoms. The summed E-state index contributed by atoms with van der Waals surface area (Å²) in [6.07, 6.45) is 3.94. The maximum absolute atomic E-state index is 4.38. The number of hydrogen-bond donors (Lipinski definition) is 0. The second-order valence-corrected chi connectivity index (χ2v) is 4.13. The largest absolute Gasteiger partial charge is 0.350 e. The van der Waals surface area contributed by atoms with Crippen LogP contribution in [0.3, 0.4) is 0 Å². The molecule has 0 amide bonds. The van der Waals surface area contributed by atoms with Crippen molar-refractivity contribution in [2.24, 2.45) is 12.0 Å². The van der Waals surface area contributed by atoms with Crippen LogP contribution in [0.25, 0.3) is 0 Å². The first-order valence-electron chi connectivity index (χ1n) is 4.50. The third kappa shape index (κ3) is 2.12. The summed E-state index contributed by atoms with van der Waals surface area (Å²) in [5, 5.41) is 2.08. The minimum atomic E-state index is 0.781. The van der Waals surface area contributed by atoms with Gasteiger partial charge in [0.25, 0.3) is 0 Å². The van der Waals surface area contributed by atoms with Gasteiger partial charge in [0.2, 0.25) is 0 Å². The topological polar surface area (TPSA) is 17.3 Å². The van der Waals surface area contributed by atoms with Gasteiger partial charge in [-0.05, 0) is 23.6 Å². The highest BCUT2D eigenvalue weighted by atomic mass is 32.1. The fraction of sp³-hybridized carbons (Fsp3) is 0.182. The highest BCUT2D eigenvalue weighted by Crippen LogP contribution is 2.09. The van der Waals surface area contributed by atoms with Crippen molar-refractivity contribution in [1.29, 1.82) is 0 Å². The van der Waals surface area contributed by atoms with E-state index in [0.717, 1.165) is 12.2 Å². The summed E-state index contributed by atoms with van der Waals surface area (Å²) in [5.74, 6) is 0. The van der Waals surface area contributed by atoms with E-state index in [0.29, 0.717) is 0 Å². The molecular formula is C11H12N2S. The molecule has 0 bridgehead atoms. The standard InChI is InChI=1S/C11H12N2S/c1-13-6-2-4-10(13)8-12-9-11-5-3-7-14-11/h2-8H,9H2,1H3. The van der Waals surface area contributed by atoms with E-state index in [1.54, 1.807) is 11.3 Å². The van der Waals surface area contributed by atoms with Gasteiger partial charge in [0.1, 0.15) is 0 Å². The van der Waals surface area contributed by atoms with Crippen LogP contribution in [0.4, 0.5) is 0 Å². The molecule has 0 atom stereocenters. The summed E-state index contributed by atoms with van der Waals surface area (Å²) >= 11 is 1.74. The van der Waals surface area contributed by atoms with E-state index in [2.05, 4.69) is 33.1 Å². The molecule has 2 nitrogen and oxygen atoms in total. The third-order valence-electron chi connectivity index (χ3n) is 2.03. The molecule has 72 valence electrons. The average molecular weight is 204 g/mol. The molecule has 0 radical (unpaired) electrons. The number of nitrogens with zero attached hydrogens (tertiary/aromatic N) is 2. The van der Waals surface area contributed by atoms with E-state index in [-0.39, 0.29) is 0 Å². The number of aromatic nitrogens is 1. The van der Waals surface area contributed by atoms with E-state index in [1.807, 2.05) is 25.5 Å². The van der Waals surface area contributed by atoms with E-state index in [1.165, 1.54) is 4.88 Å².